The van der Waals surface area contributed by atoms with Gasteiger partial charge in [0.25, 0.3) is 0 Å². The van der Waals surface area contributed by atoms with Crippen LogP contribution in [0, 0.1) is 6.07 Å². The summed E-state index contributed by atoms with van der Waals surface area (Å²) >= 11 is 1.71. The van der Waals surface area contributed by atoms with Crippen molar-refractivity contribution in [1.29, 1.82) is 0 Å². The number of benzene rings is 2. The maximum atomic E-state index is 4.55. The Bertz CT molecular complexity index is 551. The Labute approximate surface area is 92.0 Å². The van der Waals surface area contributed by atoms with Gasteiger partial charge in [0.1, 0.15) is 5.01 Å². The highest BCUT2D eigenvalue weighted by molar-refractivity contribution is 7.21. The highest BCUT2D eigenvalue weighted by atomic mass is 32.1. The molecule has 0 saturated heterocycles. The Hall–Kier alpha value is -1.67. The van der Waals surface area contributed by atoms with Crippen molar-refractivity contribution in [3.63, 3.8) is 0 Å². The maximum absolute atomic E-state index is 4.55. The first-order valence-corrected chi connectivity index (χ1v) is 5.58. The average molecular weight is 210 g/mol. The van der Waals surface area contributed by atoms with Crippen molar-refractivity contribution in [2.24, 2.45) is 0 Å². The lowest BCUT2D eigenvalue weighted by Gasteiger charge is -1.92. The standard InChI is InChI=1S/C13H8NS/c1-2-6-10(7-3-1)13-14-11-8-4-5-9-12(11)15-13/h1-7,9H. The van der Waals surface area contributed by atoms with Crippen LogP contribution in [-0.2, 0) is 0 Å². The topological polar surface area (TPSA) is 12.9 Å². The molecule has 1 aromatic heterocycles. The van der Waals surface area contributed by atoms with Gasteiger partial charge in [0.15, 0.2) is 0 Å². The van der Waals surface area contributed by atoms with Crippen molar-refractivity contribution < 1.29 is 0 Å². The van der Waals surface area contributed by atoms with Gasteiger partial charge in [-0.3, -0.25) is 0 Å². The summed E-state index contributed by atoms with van der Waals surface area (Å²) in [6.45, 7) is 0. The minimum Gasteiger partial charge on any atom is -0.235 e. The zero-order chi connectivity index (χ0) is 10.1. The molecule has 1 heterocycles. The first-order chi connectivity index (χ1) is 7.43. The van der Waals surface area contributed by atoms with Crippen LogP contribution in [-0.4, -0.2) is 4.98 Å². The summed E-state index contributed by atoms with van der Waals surface area (Å²) in [5, 5.41) is 1.06. The van der Waals surface area contributed by atoms with Crippen molar-refractivity contribution in [3.05, 3.63) is 54.6 Å². The van der Waals surface area contributed by atoms with E-state index in [1.54, 1.807) is 11.3 Å². The molecule has 0 N–H and O–H groups in total. The largest absolute Gasteiger partial charge is 0.235 e. The van der Waals surface area contributed by atoms with Gasteiger partial charge in [-0.2, -0.15) is 0 Å². The van der Waals surface area contributed by atoms with Crippen LogP contribution < -0.4 is 0 Å². The molecule has 2 heteroatoms. The summed E-state index contributed by atoms with van der Waals surface area (Å²) < 4.78 is 1.19. The average Bonchev–Trinajstić information content (AvgIpc) is 2.74. The number of para-hydroxylation sites is 1. The molecule has 3 aromatic rings. The van der Waals surface area contributed by atoms with Gasteiger partial charge in [-0.25, -0.2) is 4.98 Å². The smallest absolute Gasteiger partial charge is 0.124 e. The Morgan fingerprint density at radius 2 is 1.87 bits per heavy atom. The van der Waals surface area contributed by atoms with Gasteiger partial charge in [0.2, 0.25) is 0 Å². The lowest BCUT2D eigenvalue weighted by atomic mass is 10.2. The molecule has 1 radical (unpaired) electrons. The van der Waals surface area contributed by atoms with E-state index in [4.69, 9.17) is 0 Å². The number of fused-ring (bicyclic) bond motifs is 1. The van der Waals surface area contributed by atoms with Gasteiger partial charge in [0.05, 0.1) is 10.2 Å². The molecular formula is C13H8NS. The fourth-order valence-electron chi connectivity index (χ4n) is 1.52. The van der Waals surface area contributed by atoms with Crippen molar-refractivity contribution in [2.75, 3.05) is 0 Å². The van der Waals surface area contributed by atoms with Crippen LogP contribution in [0.2, 0.25) is 0 Å². The second-order valence-electron chi connectivity index (χ2n) is 3.27. The molecule has 2 aromatic carbocycles. The van der Waals surface area contributed by atoms with Gasteiger partial charge >= 0.3 is 0 Å². The first-order valence-electron chi connectivity index (χ1n) is 4.76. The fourth-order valence-corrected chi connectivity index (χ4v) is 2.46. The zero-order valence-electron chi connectivity index (χ0n) is 7.97. The van der Waals surface area contributed by atoms with Crippen LogP contribution >= 0.6 is 11.3 Å². The van der Waals surface area contributed by atoms with Crippen molar-refractivity contribution >= 4 is 21.6 Å². The summed E-state index contributed by atoms with van der Waals surface area (Å²) in [7, 11) is 0. The molecule has 3 rings (SSSR count). The van der Waals surface area contributed by atoms with E-state index in [2.05, 4.69) is 29.2 Å². The molecule has 0 aliphatic heterocycles. The molecule has 0 saturated carbocycles. The molecule has 71 valence electrons. The minimum atomic E-state index is 0.960. The van der Waals surface area contributed by atoms with Gasteiger partial charge in [-0.15, -0.1) is 11.3 Å². The first kappa shape index (κ1) is 8.62. The number of thiazole rings is 1. The van der Waals surface area contributed by atoms with Gasteiger partial charge in [-0.1, -0.05) is 42.5 Å². The molecule has 0 spiro atoms. The van der Waals surface area contributed by atoms with Crippen molar-refractivity contribution in [2.45, 2.75) is 0 Å². The van der Waals surface area contributed by atoms with E-state index < -0.39 is 0 Å². The molecule has 15 heavy (non-hydrogen) atoms. The summed E-state index contributed by atoms with van der Waals surface area (Å²) in [6.07, 6.45) is 0. The number of nitrogens with zero attached hydrogens (tertiary/aromatic N) is 1. The van der Waals surface area contributed by atoms with Crippen LogP contribution in [0.25, 0.3) is 20.8 Å². The highest BCUT2D eigenvalue weighted by Crippen LogP contribution is 2.29. The zero-order valence-corrected chi connectivity index (χ0v) is 8.79. The summed E-state index contributed by atoms with van der Waals surface area (Å²) in [5.41, 5.74) is 2.13. The molecule has 0 aliphatic rings. The third kappa shape index (κ3) is 1.53. The SMILES string of the molecule is [c]1cccc2sc(-c3ccccc3)nc12. The van der Waals surface area contributed by atoms with Crippen LogP contribution in [0.1, 0.15) is 0 Å². The van der Waals surface area contributed by atoms with E-state index in [0.29, 0.717) is 0 Å². The Morgan fingerprint density at radius 3 is 2.67 bits per heavy atom. The Balaban J connectivity index is 2.21. The number of hydrogen-bond donors (Lipinski definition) is 0. The van der Waals surface area contributed by atoms with Crippen LogP contribution in [0.15, 0.2) is 48.5 Å². The highest BCUT2D eigenvalue weighted by Gasteiger charge is 2.04. The van der Waals surface area contributed by atoms with Crippen LogP contribution in [0.3, 0.4) is 0 Å². The molecule has 0 unspecified atom stereocenters. The van der Waals surface area contributed by atoms with E-state index in [1.807, 2.05) is 30.3 Å². The quantitative estimate of drug-likeness (QED) is 0.596. The molecular weight excluding hydrogens is 202 g/mol. The lowest BCUT2D eigenvalue weighted by Crippen LogP contribution is -1.73. The Morgan fingerprint density at radius 1 is 1.00 bits per heavy atom. The normalized spacial score (nSPS) is 10.7. The lowest BCUT2D eigenvalue weighted by molar-refractivity contribution is 1.47. The summed E-state index contributed by atoms with van der Waals surface area (Å²) in [5.74, 6) is 0. The van der Waals surface area contributed by atoms with Crippen LogP contribution in [0.4, 0.5) is 0 Å². The summed E-state index contributed by atoms with van der Waals surface area (Å²) in [6, 6.07) is 19.4. The maximum Gasteiger partial charge on any atom is 0.124 e. The minimum absolute atomic E-state index is 0.960. The monoisotopic (exact) mass is 210 g/mol. The van der Waals surface area contributed by atoms with Gasteiger partial charge in [0, 0.05) is 11.6 Å². The predicted octanol–water partition coefficient (Wildman–Crippen LogP) is 3.76. The summed E-state index contributed by atoms with van der Waals surface area (Å²) in [4.78, 5) is 4.55. The number of aromatic nitrogens is 1. The Kier molecular flexibility index (Phi) is 2.00. The molecule has 0 aliphatic carbocycles. The van der Waals surface area contributed by atoms with Crippen molar-refractivity contribution in [3.8, 4) is 10.6 Å². The third-order valence-corrected chi connectivity index (χ3v) is 3.31. The number of hydrogen-bond acceptors (Lipinski definition) is 2. The van der Waals surface area contributed by atoms with Crippen LogP contribution in [0.5, 0.6) is 0 Å². The molecule has 0 bridgehead atoms. The predicted molar refractivity (Wildman–Crippen MR) is 63.9 cm³/mol. The second-order valence-corrected chi connectivity index (χ2v) is 4.30. The molecule has 0 amide bonds. The fraction of sp³-hybridized carbons (Fsp3) is 0. The van der Waals surface area contributed by atoms with E-state index >= 15 is 0 Å². The molecule has 1 nitrogen and oxygen atoms in total. The van der Waals surface area contributed by atoms with E-state index in [0.717, 1.165) is 10.5 Å². The number of rotatable bonds is 1. The van der Waals surface area contributed by atoms with Gasteiger partial charge in [-0.05, 0) is 6.07 Å². The molecule has 0 atom stereocenters. The second kappa shape index (κ2) is 3.48. The van der Waals surface area contributed by atoms with Gasteiger partial charge < -0.3 is 0 Å². The van der Waals surface area contributed by atoms with Crippen molar-refractivity contribution in [1.82, 2.24) is 4.98 Å². The van der Waals surface area contributed by atoms with E-state index in [-0.39, 0.29) is 0 Å². The third-order valence-electron chi connectivity index (χ3n) is 2.24. The van der Waals surface area contributed by atoms with E-state index in [1.165, 1.54) is 10.3 Å². The van der Waals surface area contributed by atoms with E-state index in [9.17, 15) is 0 Å². The molecule has 0 fully saturated rings.